The summed E-state index contributed by atoms with van der Waals surface area (Å²) in [5.74, 6) is -9.74. The number of sulfonamides is 1. The van der Waals surface area contributed by atoms with E-state index in [1.165, 1.54) is 35.8 Å². The summed E-state index contributed by atoms with van der Waals surface area (Å²) in [6, 6.07) is 3.33. The second kappa shape index (κ2) is 38.9. The number of hydrogen-bond donors (Lipinski definition) is 13. The Morgan fingerprint density at radius 2 is 1.19 bits per heavy atom. The number of fused-ring (bicyclic) bond motifs is 1. The number of methoxy groups -OCH3 is 1. The highest BCUT2D eigenvalue weighted by Crippen LogP contribution is 2.27. The van der Waals surface area contributed by atoms with Gasteiger partial charge in [0.25, 0.3) is 5.91 Å². The van der Waals surface area contributed by atoms with Gasteiger partial charge in [-0.3, -0.25) is 82.0 Å². The number of carboxylic acids is 5. The number of nitrogens with zero attached hydrogens (tertiary/aromatic N) is 7. The van der Waals surface area contributed by atoms with Crippen molar-refractivity contribution in [2.45, 2.75) is 94.8 Å². The summed E-state index contributed by atoms with van der Waals surface area (Å²) >= 11 is 0. The molecule has 0 bridgehead atoms. The van der Waals surface area contributed by atoms with Crippen molar-refractivity contribution in [2.24, 2.45) is 4.99 Å². The summed E-state index contributed by atoms with van der Waals surface area (Å²) < 4.78 is 42.6. The van der Waals surface area contributed by atoms with Gasteiger partial charge in [0, 0.05) is 128 Å². The third-order valence-electron chi connectivity index (χ3n) is 15.1. The van der Waals surface area contributed by atoms with Crippen molar-refractivity contribution in [3.8, 4) is 5.75 Å². The molecule has 5 rings (SSSR count). The minimum Gasteiger partial charge on any atom is -0.494 e. The molecule has 0 saturated carbocycles. The predicted molar refractivity (Wildman–Crippen MR) is 339 cm³/mol. The van der Waals surface area contributed by atoms with Crippen LogP contribution < -0.4 is 46.7 Å². The molecule has 0 aliphatic carbocycles. The average molecular weight is 1360 g/mol. The summed E-state index contributed by atoms with van der Waals surface area (Å²) in [7, 11) is -3.34. The Hall–Kier alpha value is -9.10. The Morgan fingerprint density at radius 3 is 1.73 bits per heavy atom. The number of rotatable bonds is 37. The SMILES string of the molecule is COC(=O)[C@H](CNC(=O)c1ccc2c(cnn2CCCNC2=NCCCN2)c1)NS(=O)(=O)c1c(C)cc(OCCCC(=O)NCCNC(=O)C(CCC(=O)O)NC(=O)[C@H](CCC(=O)O)NC(=O)CN2CCN(CC(=O)O)CCN(CC(=O)O)CCN(CC(=O)O)CC2)cc1C. The van der Waals surface area contributed by atoms with Crippen LogP contribution in [0, 0.1) is 13.8 Å². The molecule has 2 aliphatic heterocycles. The number of aliphatic carboxylic acids is 5. The first kappa shape index (κ1) is 76.6. The second-order valence-corrected chi connectivity index (χ2v) is 24.3. The maximum atomic E-state index is 13.9. The standard InChI is InChI=1S/C59H87N15O20S/c1-38-29-42(30-39(2)54(38)95(91,92)69-45(58(90)93-3)33-65-55(87)40-8-11-46-41(31-40)32-66-74(46)19-6-16-64-59-62-14-5-15-63-59)94-28-4-7-47(75)60-17-18-61-56(88)43(9-12-49(77)78)68-57(89)44(10-13-50(79)80)67-48(76)34-70-20-22-71(35-51(81)82)24-26-73(37-53(85)86)27-25-72(23-21-70)36-52(83)84/h8,11,29-32,43-45,69H,4-7,9-10,12-28,33-37H2,1-3H3,(H,60,75)(H,61,88)(H,65,87)(H,67,76)(H,68,89)(H,77,78)(H,79,80)(H,81,82)(H,83,84)(H,85,86)(H2,62,63,64)/t43?,44-,45-/m0/s1. The summed E-state index contributed by atoms with van der Waals surface area (Å²) in [6.07, 6.45) is 1.40. The van der Waals surface area contributed by atoms with Crippen LogP contribution in [0.1, 0.15) is 72.9 Å². The highest BCUT2D eigenvalue weighted by molar-refractivity contribution is 7.89. The van der Waals surface area contributed by atoms with Crippen LogP contribution in [0.3, 0.4) is 0 Å². The smallest absolute Gasteiger partial charge is 0.325 e. The lowest BCUT2D eigenvalue weighted by Gasteiger charge is -2.33. The van der Waals surface area contributed by atoms with Crippen molar-refractivity contribution >= 4 is 92.2 Å². The highest BCUT2D eigenvalue weighted by Gasteiger charge is 2.32. The van der Waals surface area contributed by atoms with E-state index in [2.05, 4.69) is 52.0 Å². The van der Waals surface area contributed by atoms with Crippen LogP contribution in [-0.4, -0.2) is 284 Å². The number of aryl methyl sites for hydroxylation is 3. The molecule has 13 N–H and O–H groups in total. The lowest BCUT2D eigenvalue weighted by Crippen LogP contribution is -2.55. The number of carbonyl (C=O) groups is 11. The minimum absolute atomic E-state index is 0.00897. The number of ether oxygens (including phenoxy) is 2. The number of esters is 1. The number of carboxylic acid groups (broad SMARTS) is 5. The van der Waals surface area contributed by atoms with Crippen LogP contribution in [-0.2, 0) is 69.3 Å². The molecule has 3 aromatic rings. The molecule has 2 aromatic carbocycles. The Bertz CT molecular complexity index is 3280. The van der Waals surface area contributed by atoms with E-state index in [-0.39, 0.29) is 119 Å². The van der Waals surface area contributed by atoms with Gasteiger partial charge in [-0.15, -0.1) is 0 Å². The molecule has 0 radical (unpaired) electrons. The fourth-order valence-corrected chi connectivity index (χ4v) is 12.0. The Kier molecular flexibility index (Phi) is 31.4. The van der Waals surface area contributed by atoms with Crippen molar-refractivity contribution in [3.63, 3.8) is 0 Å². The van der Waals surface area contributed by atoms with Crippen LogP contribution in [0.25, 0.3) is 10.9 Å². The van der Waals surface area contributed by atoms with Crippen LogP contribution in [0.15, 0.2) is 46.4 Å². The topological polar surface area (TPSA) is 481 Å². The van der Waals surface area contributed by atoms with Gasteiger partial charge >= 0.3 is 35.8 Å². The molecule has 0 spiro atoms. The quantitative estimate of drug-likeness (QED) is 0.0200. The van der Waals surface area contributed by atoms with Crippen molar-refractivity contribution < 1.29 is 96.2 Å². The first-order valence-corrected chi connectivity index (χ1v) is 32.4. The number of carbonyl (C=O) groups excluding carboxylic acids is 6. The maximum Gasteiger partial charge on any atom is 0.325 e. The minimum atomic E-state index is -4.42. The number of aromatic nitrogens is 2. The van der Waals surface area contributed by atoms with Crippen molar-refractivity contribution in [2.75, 3.05) is 132 Å². The molecule has 5 amide bonds. The van der Waals surface area contributed by atoms with E-state index >= 15 is 0 Å². The van der Waals surface area contributed by atoms with Crippen LogP contribution in [0.4, 0.5) is 0 Å². The molecule has 36 heteroatoms. The number of aliphatic imine (C=N–C) groups is 1. The Balaban J connectivity index is 1.09. The first-order chi connectivity index (χ1) is 45.2. The normalized spacial score (nSPS) is 15.6. The van der Waals surface area contributed by atoms with Crippen LogP contribution in [0.2, 0.25) is 0 Å². The lowest BCUT2D eigenvalue weighted by atomic mass is 10.1. The van der Waals surface area contributed by atoms with Gasteiger partial charge in [0.2, 0.25) is 33.7 Å². The van der Waals surface area contributed by atoms with E-state index in [1.807, 2.05) is 4.68 Å². The van der Waals surface area contributed by atoms with Crippen molar-refractivity contribution in [3.05, 3.63) is 53.2 Å². The van der Waals surface area contributed by atoms with Crippen LogP contribution in [0.5, 0.6) is 5.75 Å². The number of guanidine groups is 1. The summed E-state index contributed by atoms with van der Waals surface area (Å²) in [6.45, 7) is 4.29. The molecule has 3 heterocycles. The van der Waals surface area contributed by atoms with E-state index in [1.54, 1.807) is 34.2 Å². The van der Waals surface area contributed by atoms with E-state index in [4.69, 9.17) is 9.47 Å². The molecule has 3 atom stereocenters. The molecule has 1 fully saturated rings. The Labute approximate surface area is 548 Å². The van der Waals surface area contributed by atoms with E-state index in [9.17, 15) is 86.7 Å². The number of hydrogen-bond acceptors (Lipinski definition) is 23. The fourth-order valence-electron chi connectivity index (χ4n) is 10.4. The molecule has 1 aromatic heterocycles. The van der Waals surface area contributed by atoms with Gasteiger partial charge in [0.1, 0.15) is 23.9 Å². The number of amides is 5. The van der Waals surface area contributed by atoms with Gasteiger partial charge < -0.3 is 72.2 Å². The molecule has 1 unspecified atom stereocenters. The fraction of sp³-hybridized carbons (Fsp3) is 0.576. The third-order valence-corrected chi connectivity index (χ3v) is 16.9. The van der Waals surface area contributed by atoms with Gasteiger partial charge in [-0.1, -0.05) is 0 Å². The predicted octanol–water partition coefficient (Wildman–Crippen LogP) is -3.20. The van der Waals surface area contributed by atoms with Crippen LogP contribution >= 0.6 is 0 Å². The van der Waals surface area contributed by atoms with E-state index < -0.39 is 145 Å². The van der Waals surface area contributed by atoms with Crippen molar-refractivity contribution in [1.29, 1.82) is 0 Å². The zero-order valence-electron chi connectivity index (χ0n) is 53.4. The van der Waals surface area contributed by atoms with Crippen molar-refractivity contribution in [1.82, 2.24) is 71.3 Å². The largest absolute Gasteiger partial charge is 0.494 e. The zero-order valence-corrected chi connectivity index (χ0v) is 54.2. The molecule has 95 heavy (non-hydrogen) atoms. The maximum absolute atomic E-state index is 13.9. The molecule has 2 aliphatic rings. The average Bonchev–Trinajstić information content (AvgIpc) is 1.45. The van der Waals surface area contributed by atoms with Gasteiger partial charge in [0.15, 0.2) is 5.96 Å². The molecular formula is C59H87N15O20S. The second-order valence-electron chi connectivity index (χ2n) is 22.7. The van der Waals surface area contributed by atoms with Gasteiger partial charge in [-0.2, -0.15) is 9.82 Å². The van der Waals surface area contributed by atoms with Gasteiger partial charge in [0.05, 0.1) is 56.5 Å². The van der Waals surface area contributed by atoms with Gasteiger partial charge in [-0.05, 0) is 87.4 Å². The first-order valence-electron chi connectivity index (χ1n) is 30.9. The van der Waals surface area contributed by atoms with E-state index in [0.717, 1.165) is 44.5 Å². The molecule has 35 nitrogen and oxygen atoms in total. The lowest BCUT2D eigenvalue weighted by molar-refractivity contribution is -0.142. The van der Waals surface area contributed by atoms with Gasteiger partial charge in [-0.25, -0.2) is 8.42 Å². The Morgan fingerprint density at radius 1 is 0.632 bits per heavy atom. The monoisotopic (exact) mass is 1360 g/mol. The molecule has 524 valence electrons. The summed E-state index contributed by atoms with van der Waals surface area (Å²) in [5, 5.41) is 71.8. The summed E-state index contributed by atoms with van der Waals surface area (Å²) in [4.78, 5) is 149. The highest BCUT2D eigenvalue weighted by atomic mass is 32.2. The molecule has 1 saturated heterocycles. The summed E-state index contributed by atoms with van der Waals surface area (Å²) in [5.41, 5.74) is 1.56. The third kappa shape index (κ3) is 27.4. The van der Waals surface area contributed by atoms with E-state index in [0.29, 0.717) is 18.5 Å². The number of nitrogens with one attached hydrogen (secondary N) is 8. The number of benzene rings is 2. The zero-order chi connectivity index (χ0) is 69.6. The molecular weight excluding hydrogens is 1270 g/mol.